The van der Waals surface area contributed by atoms with Crippen molar-refractivity contribution in [2.45, 2.75) is 20.3 Å². The summed E-state index contributed by atoms with van der Waals surface area (Å²) in [6.45, 7) is 4.60. The molecule has 0 aliphatic rings. The van der Waals surface area contributed by atoms with Gasteiger partial charge in [-0.15, -0.1) is 0 Å². The van der Waals surface area contributed by atoms with E-state index in [1.165, 1.54) is 0 Å². The summed E-state index contributed by atoms with van der Waals surface area (Å²) in [5.41, 5.74) is 8.70. The number of nitrogen functional groups attached to an aromatic ring is 1. The van der Waals surface area contributed by atoms with E-state index in [1.54, 1.807) is 18.2 Å². The zero-order valence-corrected chi connectivity index (χ0v) is 14.2. The Kier molecular flexibility index (Phi) is 5.44. The second-order valence-corrected chi connectivity index (χ2v) is 5.87. The van der Waals surface area contributed by atoms with Crippen LogP contribution in [0.15, 0.2) is 40.9 Å². The second-order valence-electron chi connectivity index (χ2n) is 5.02. The zero-order chi connectivity index (χ0) is 16.1. The number of hydrogen-bond donors (Lipinski definition) is 2. The number of nitrogens with one attached hydrogen (secondary N) is 1. The minimum absolute atomic E-state index is 0.199. The molecular weight excluding hydrogens is 344 g/mol. The number of rotatable bonds is 5. The standard InChI is InChI=1S/C17H19BrN2O2/c1-3-8-22-16-7-4-12(10-15(16)19)17(21)20-13-5-6-14(18)11(2)9-13/h4-7,9-10H,3,8,19H2,1-2H3,(H,20,21). The van der Waals surface area contributed by atoms with Gasteiger partial charge >= 0.3 is 0 Å². The summed E-state index contributed by atoms with van der Waals surface area (Å²) in [6.07, 6.45) is 0.907. The number of anilines is 2. The topological polar surface area (TPSA) is 64.3 Å². The van der Waals surface area contributed by atoms with Gasteiger partial charge in [-0.05, 0) is 55.3 Å². The molecule has 0 saturated heterocycles. The average molecular weight is 363 g/mol. The Bertz CT molecular complexity index is 686. The molecule has 0 radical (unpaired) electrons. The number of carbonyl (C=O) groups is 1. The van der Waals surface area contributed by atoms with Crippen molar-refractivity contribution < 1.29 is 9.53 Å². The van der Waals surface area contributed by atoms with Gasteiger partial charge in [0.25, 0.3) is 5.91 Å². The van der Waals surface area contributed by atoms with E-state index in [-0.39, 0.29) is 5.91 Å². The predicted molar refractivity (Wildman–Crippen MR) is 93.5 cm³/mol. The fourth-order valence-electron chi connectivity index (χ4n) is 1.96. The Balaban J connectivity index is 2.12. The van der Waals surface area contributed by atoms with Crippen LogP contribution in [-0.2, 0) is 0 Å². The highest BCUT2D eigenvalue weighted by molar-refractivity contribution is 9.10. The molecule has 0 spiro atoms. The van der Waals surface area contributed by atoms with Crippen LogP contribution in [0.1, 0.15) is 29.3 Å². The Morgan fingerprint density at radius 2 is 2.05 bits per heavy atom. The van der Waals surface area contributed by atoms with Gasteiger partial charge in [-0.25, -0.2) is 0 Å². The molecule has 2 rings (SSSR count). The number of ether oxygens (including phenoxy) is 1. The normalized spacial score (nSPS) is 10.3. The van der Waals surface area contributed by atoms with Crippen LogP contribution in [0.5, 0.6) is 5.75 Å². The number of carbonyl (C=O) groups excluding carboxylic acids is 1. The molecule has 0 bridgehead atoms. The molecular formula is C17H19BrN2O2. The van der Waals surface area contributed by atoms with E-state index in [0.717, 1.165) is 22.1 Å². The van der Waals surface area contributed by atoms with Crippen LogP contribution in [0.25, 0.3) is 0 Å². The first-order valence-electron chi connectivity index (χ1n) is 7.11. The molecule has 3 N–H and O–H groups in total. The first-order chi connectivity index (χ1) is 10.5. The van der Waals surface area contributed by atoms with Crippen molar-refractivity contribution >= 4 is 33.2 Å². The molecule has 5 heteroatoms. The van der Waals surface area contributed by atoms with Gasteiger partial charge in [0.05, 0.1) is 12.3 Å². The summed E-state index contributed by atoms with van der Waals surface area (Å²) < 4.78 is 6.51. The molecule has 0 fully saturated rings. The number of hydrogen-bond acceptors (Lipinski definition) is 3. The van der Waals surface area contributed by atoms with E-state index in [4.69, 9.17) is 10.5 Å². The van der Waals surface area contributed by atoms with Crippen molar-refractivity contribution in [3.63, 3.8) is 0 Å². The SMILES string of the molecule is CCCOc1ccc(C(=O)Nc2ccc(Br)c(C)c2)cc1N. The monoisotopic (exact) mass is 362 g/mol. The van der Waals surface area contributed by atoms with E-state index in [1.807, 2.05) is 32.0 Å². The number of nitrogens with two attached hydrogens (primary N) is 1. The van der Waals surface area contributed by atoms with Gasteiger partial charge in [0.15, 0.2) is 0 Å². The van der Waals surface area contributed by atoms with E-state index >= 15 is 0 Å². The van der Waals surface area contributed by atoms with E-state index in [2.05, 4.69) is 21.2 Å². The molecule has 0 unspecified atom stereocenters. The third-order valence-electron chi connectivity index (χ3n) is 3.15. The molecule has 22 heavy (non-hydrogen) atoms. The highest BCUT2D eigenvalue weighted by Crippen LogP contribution is 2.24. The average Bonchev–Trinajstić information content (AvgIpc) is 2.49. The maximum Gasteiger partial charge on any atom is 0.255 e. The summed E-state index contributed by atoms with van der Waals surface area (Å²) in [5.74, 6) is 0.411. The van der Waals surface area contributed by atoms with Crippen LogP contribution in [0.4, 0.5) is 11.4 Å². The zero-order valence-electron chi connectivity index (χ0n) is 12.7. The largest absolute Gasteiger partial charge is 0.491 e. The molecule has 4 nitrogen and oxygen atoms in total. The molecule has 0 aliphatic carbocycles. The molecule has 116 valence electrons. The lowest BCUT2D eigenvalue weighted by Gasteiger charge is -2.10. The Hall–Kier alpha value is -2.01. The van der Waals surface area contributed by atoms with E-state index in [0.29, 0.717) is 23.6 Å². The van der Waals surface area contributed by atoms with Crippen molar-refractivity contribution in [3.05, 3.63) is 52.0 Å². The maximum atomic E-state index is 12.3. The minimum atomic E-state index is -0.199. The lowest BCUT2D eigenvalue weighted by Crippen LogP contribution is -2.12. The van der Waals surface area contributed by atoms with Crippen molar-refractivity contribution in [3.8, 4) is 5.75 Å². The first kappa shape index (κ1) is 16.4. The molecule has 0 saturated carbocycles. The first-order valence-corrected chi connectivity index (χ1v) is 7.90. The number of halogens is 1. The molecule has 0 heterocycles. The predicted octanol–water partition coefficient (Wildman–Crippen LogP) is 4.38. The number of benzene rings is 2. The van der Waals surface area contributed by atoms with Gasteiger partial charge in [-0.1, -0.05) is 22.9 Å². The van der Waals surface area contributed by atoms with Crippen molar-refractivity contribution in [1.29, 1.82) is 0 Å². The third-order valence-corrected chi connectivity index (χ3v) is 4.04. The van der Waals surface area contributed by atoms with E-state index < -0.39 is 0 Å². The van der Waals surface area contributed by atoms with Gasteiger partial charge in [-0.3, -0.25) is 4.79 Å². The Morgan fingerprint density at radius 3 is 2.68 bits per heavy atom. The second kappa shape index (κ2) is 7.31. The van der Waals surface area contributed by atoms with Crippen LogP contribution in [0, 0.1) is 6.92 Å². The van der Waals surface area contributed by atoms with Crippen LogP contribution < -0.4 is 15.8 Å². The summed E-state index contributed by atoms with van der Waals surface area (Å²) in [5, 5.41) is 2.86. The summed E-state index contributed by atoms with van der Waals surface area (Å²) >= 11 is 3.44. The molecule has 2 aromatic rings. The van der Waals surface area contributed by atoms with Crippen molar-refractivity contribution in [2.24, 2.45) is 0 Å². The van der Waals surface area contributed by atoms with Crippen molar-refractivity contribution in [2.75, 3.05) is 17.7 Å². The smallest absolute Gasteiger partial charge is 0.255 e. The van der Waals surface area contributed by atoms with Crippen LogP contribution in [0.2, 0.25) is 0 Å². The lowest BCUT2D eigenvalue weighted by molar-refractivity contribution is 0.102. The highest BCUT2D eigenvalue weighted by atomic mass is 79.9. The quantitative estimate of drug-likeness (QED) is 0.775. The molecule has 0 atom stereocenters. The van der Waals surface area contributed by atoms with E-state index in [9.17, 15) is 4.79 Å². The molecule has 0 aromatic heterocycles. The van der Waals surface area contributed by atoms with Crippen LogP contribution in [0.3, 0.4) is 0 Å². The molecule has 0 aliphatic heterocycles. The fraction of sp³-hybridized carbons (Fsp3) is 0.235. The summed E-state index contributed by atoms with van der Waals surface area (Å²) in [7, 11) is 0. The number of amides is 1. The molecule has 1 amide bonds. The van der Waals surface area contributed by atoms with Gasteiger partial charge < -0.3 is 15.8 Å². The number of aryl methyl sites for hydroxylation is 1. The van der Waals surface area contributed by atoms with Crippen LogP contribution >= 0.6 is 15.9 Å². The third kappa shape index (κ3) is 4.01. The van der Waals surface area contributed by atoms with Gasteiger partial charge in [0.2, 0.25) is 0 Å². The Labute approximate surface area is 138 Å². The van der Waals surface area contributed by atoms with Gasteiger partial charge in [0, 0.05) is 15.7 Å². The van der Waals surface area contributed by atoms with Gasteiger partial charge in [0.1, 0.15) is 5.75 Å². The maximum absolute atomic E-state index is 12.3. The summed E-state index contributed by atoms with van der Waals surface area (Å²) in [4.78, 5) is 12.3. The summed E-state index contributed by atoms with van der Waals surface area (Å²) in [6, 6.07) is 10.7. The fourth-order valence-corrected chi connectivity index (χ4v) is 2.21. The van der Waals surface area contributed by atoms with Crippen LogP contribution in [-0.4, -0.2) is 12.5 Å². The lowest BCUT2D eigenvalue weighted by atomic mass is 10.1. The molecule has 2 aromatic carbocycles. The van der Waals surface area contributed by atoms with Crippen molar-refractivity contribution in [1.82, 2.24) is 0 Å². The van der Waals surface area contributed by atoms with Gasteiger partial charge in [-0.2, -0.15) is 0 Å². The Morgan fingerprint density at radius 1 is 1.27 bits per heavy atom. The minimum Gasteiger partial charge on any atom is -0.491 e. The highest BCUT2D eigenvalue weighted by Gasteiger charge is 2.10.